The first-order chi connectivity index (χ1) is 9.52. The Kier molecular flexibility index (Phi) is 4.14. The summed E-state index contributed by atoms with van der Waals surface area (Å²) in [4.78, 5) is 25.0. The van der Waals surface area contributed by atoms with Crippen LogP contribution in [0.25, 0.3) is 11.4 Å². The van der Waals surface area contributed by atoms with E-state index < -0.39 is 0 Å². The van der Waals surface area contributed by atoms with Gasteiger partial charge in [0.05, 0.1) is 6.61 Å². The summed E-state index contributed by atoms with van der Waals surface area (Å²) < 4.78 is 0. The van der Waals surface area contributed by atoms with Crippen molar-refractivity contribution in [2.75, 3.05) is 25.1 Å². The number of anilines is 1. The van der Waals surface area contributed by atoms with Crippen molar-refractivity contribution in [1.82, 2.24) is 15.0 Å². The van der Waals surface area contributed by atoms with Gasteiger partial charge in [-0.1, -0.05) is 0 Å². The minimum Gasteiger partial charge on any atom is -0.395 e. The number of pyridine rings is 1. The molecule has 0 saturated heterocycles. The lowest BCUT2D eigenvalue weighted by molar-refractivity contribution is 0.304. The van der Waals surface area contributed by atoms with Crippen LogP contribution in [0.1, 0.15) is 11.3 Å². The number of rotatable bonds is 4. The molecule has 0 saturated carbocycles. The van der Waals surface area contributed by atoms with E-state index >= 15 is 0 Å². The van der Waals surface area contributed by atoms with Crippen molar-refractivity contribution in [3.8, 4) is 11.4 Å². The molecule has 0 amide bonds. The molecule has 2 rings (SSSR count). The predicted molar refractivity (Wildman–Crippen MR) is 77.9 cm³/mol. The lowest BCUT2D eigenvalue weighted by atomic mass is 10.2. The molecule has 20 heavy (non-hydrogen) atoms. The number of aromatic amines is 1. The van der Waals surface area contributed by atoms with E-state index in [0.717, 1.165) is 11.4 Å². The molecule has 6 heteroatoms. The second-order valence-electron chi connectivity index (χ2n) is 4.68. The van der Waals surface area contributed by atoms with E-state index in [1.807, 2.05) is 31.0 Å². The molecule has 6 nitrogen and oxygen atoms in total. The van der Waals surface area contributed by atoms with Crippen LogP contribution in [0.15, 0.2) is 23.1 Å². The Morgan fingerprint density at radius 3 is 2.65 bits per heavy atom. The van der Waals surface area contributed by atoms with Crippen molar-refractivity contribution >= 4 is 5.82 Å². The van der Waals surface area contributed by atoms with Crippen LogP contribution in [0.2, 0.25) is 0 Å². The summed E-state index contributed by atoms with van der Waals surface area (Å²) in [5, 5.41) is 8.90. The summed E-state index contributed by atoms with van der Waals surface area (Å²) >= 11 is 0. The summed E-state index contributed by atoms with van der Waals surface area (Å²) in [5.74, 6) is 1.27. The lowest BCUT2D eigenvalue weighted by Crippen LogP contribution is -2.22. The van der Waals surface area contributed by atoms with E-state index in [1.54, 1.807) is 13.1 Å². The van der Waals surface area contributed by atoms with Crippen LogP contribution in [0.5, 0.6) is 0 Å². The Balaban J connectivity index is 2.33. The molecular weight excluding hydrogens is 256 g/mol. The van der Waals surface area contributed by atoms with Crippen molar-refractivity contribution in [1.29, 1.82) is 0 Å². The van der Waals surface area contributed by atoms with Crippen molar-refractivity contribution in [3.63, 3.8) is 0 Å². The molecule has 2 aromatic rings. The third-order valence-corrected chi connectivity index (χ3v) is 3.24. The maximum absolute atomic E-state index is 11.7. The summed E-state index contributed by atoms with van der Waals surface area (Å²) in [6.45, 7) is 4.15. The topological polar surface area (TPSA) is 82.1 Å². The van der Waals surface area contributed by atoms with Crippen molar-refractivity contribution < 1.29 is 5.11 Å². The van der Waals surface area contributed by atoms with Crippen LogP contribution < -0.4 is 10.5 Å². The maximum Gasteiger partial charge on any atom is 0.254 e. The number of nitrogens with one attached hydrogen (secondary N) is 1. The zero-order chi connectivity index (χ0) is 14.7. The molecule has 0 aliphatic rings. The molecule has 0 bridgehead atoms. The first kappa shape index (κ1) is 14.2. The van der Waals surface area contributed by atoms with Gasteiger partial charge in [0, 0.05) is 36.6 Å². The molecule has 0 radical (unpaired) electrons. The molecule has 0 unspecified atom stereocenters. The molecule has 0 atom stereocenters. The van der Waals surface area contributed by atoms with Crippen molar-refractivity contribution in [2.45, 2.75) is 13.8 Å². The maximum atomic E-state index is 11.7. The predicted octanol–water partition coefficient (Wildman–Crippen LogP) is 0.877. The van der Waals surface area contributed by atoms with Gasteiger partial charge >= 0.3 is 0 Å². The van der Waals surface area contributed by atoms with Gasteiger partial charge in [-0.05, 0) is 26.0 Å². The van der Waals surface area contributed by atoms with Gasteiger partial charge < -0.3 is 15.0 Å². The van der Waals surface area contributed by atoms with Gasteiger partial charge in [0.25, 0.3) is 5.56 Å². The Hall–Kier alpha value is -2.21. The summed E-state index contributed by atoms with van der Waals surface area (Å²) in [7, 11) is 1.86. The molecule has 2 N–H and O–H groups in total. The molecule has 0 aromatic carbocycles. The quantitative estimate of drug-likeness (QED) is 0.864. The lowest BCUT2D eigenvalue weighted by Gasteiger charge is -2.16. The largest absolute Gasteiger partial charge is 0.395 e. The van der Waals surface area contributed by atoms with Gasteiger partial charge in [0.1, 0.15) is 11.6 Å². The summed E-state index contributed by atoms with van der Waals surface area (Å²) in [6, 6.07) is 3.68. The Morgan fingerprint density at radius 2 is 2.10 bits per heavy atom. The number of aryl methyl sites for hydroxylation is 1. The minimum absolute atomic E-state index is 0.0754. The van der Waals surface area contributed by atoms with Gasteiger partial charge in [0.15, 0.2) is 0 Å². The van der Waals surface area contributed by atoms with Crippen molar-refractivity contribution in [3.05, 3.63) is 39.9 Å². The normalized spacial score (nSPS) is 10.6. The molecule has 0 fully saturated rings. The number of likely N-dealkylation sites (N-methyl/N-ethyl adjacent to an activating group) is 1. The standard InChI is InChI=1S/C14H18N4O2/c1-9-10(2)16-13(17-14(9)20)11-4-5-12(15-8-11)18(3)6-7-19/h4-5,8,19H,6-7H2,1-3H3,(H,16,17,20). The summed E-state index contributed by atoms with van der Waals surface area (Å²) in [6.07, 6.45) is 1.66. The number of aliphatic hydroxyl groups is 1. The fourth-order valence-electron chi connectivity index (χ4n) is 1.80. The SMILES string of the molecule is Cc1nc(-c2ccc(N(C)CCO)nc2)[nH]c(=O)c1C. The second kappa shape index (κ2) is 5.83. The van der Waals surface area contributed by atoms with E-state index in [2.05, 4.69) is 15.0 Å². The van der Waals surface area contributed by atoms with Gasteiger partial charge in [-0.25, -0.2) is 9.97 Å². The first-order valence-corrected chi connectivity index (χ1v) is 6.39. The number of aromatic nitrogens is 3. The van der Waals surface area contributed by atoms with E-state index in [9.17, 15) is 4.79 Å². The monoisotopic (exact) mass is 274 g/mol. The van der Waals surface area contributed by atoms with Crippen LogP contribution in [0.3, 0.4) is 0 Å². The number of hydrogen-bond donors (Lipinski definition) is 2. The smallest absolute Gasteiger partial charge is 0.254 e. The highest BCUT2D eigenvalue weighted by molar-refractivity contribution is 5.56. The number of hydrogen-bond acceptors (Lipinski definition) is 5. The first-order valence-electron chi connectivity index (χ1n) is 6.39. The average Bonchev–Trinajstić information content (AvgIpc) is 2.44. The second-order valence-corrected chi connectivity index (χ2v) is 4.68. The molecule has 106 valence electrons. The molecule has 0 spiro atoms. The van der Waals surface area contributed by atoms with Crippen LogP contribution in [0.4, 0.5) is 5.82 Å². The van der Waals surface area contributed by atoms with Gasteiger partial charge in [0.2, 0.25) is 0 Å². The number of aliphatic hydroxyl groups excluding tert-OH is 1. The number of nitrogens with zero attached hydrogens (tertiary/aromatic N) is 3. The molecule has 0 aliphatic carbocycles. The fraction of sp³-hybridized carbons (Fsp3) is 0.357. The average molecular weight is 274 g/mol. The molecular formula is C14H18N4O2. The van der Waals surface area contributed by atoms with E-state index in [1.165, 1.54) is 0 Å². The third-order valence-electron chi connectivity index (χ3n) is 3.24. The van der Waals surface area contributed by atoms with E-state index in [4.69, 9.17) is 5.11 Å². The Labute approximate surface area is 117 Å². The zero-order valence-electron chi connectivity index (χ0n) is 11.8. The minimum atomic E-state index is -0.131. The third kappa shape index (κ3) is 2.85. The Bertz CT molecular complexity index is 649. The van der Waals surface area contributed by atoms with Crippen LogP contribution >= 0.6 is 0 Å². The molecule has 2 heterocycles. The van der Waals surface area contributed by atoms with Crippen LogP contribution in [-0.4, -0.2) is 40.3 Å². The highest BCUT2D eigenvalue weighted by Gasteiger charge is 2.07. The Morgan fingerprint density at radius 1 is 1.35 bits per heavy atom. The summed E-state index contributed by atoms with van der Waals surface area (Å²) in [5.41, 5.74) is 1.96. The molecule has 2 aromatic heterocycles. The highest BCUT2D eigenvalue weighted by atomic mass is 16.3. The molecule has 0 aliphatic heterocycles. The van der Waals surface area contributed by atoms with Crippen molar-refractivity contribution in [2.24, 2.45) is 0 Å². The van der Waals surface area contributed by atoms with E-state index in [-0.39, 0.29) is 12.2 Å². The zero-order valence-corrected chi connectivity index (χ0v) is 11.8. The van der Waals surface area contributed by atoms with Crippen LogP contribution in [-0.2, 0) is 0 Å². The van der Waals surface area contributed by atoms with Crippen LogP contribution in [0, 0.1) is 13.8 Å². The fourth-order valence-corrected chi connectivity index (χ4v) is 1.80. The highest BCUT2D eigenvalue weighted by Crippen LogP contribution is 2.16. The van der Waals surface area contributed by atoms with Gasteiger partial charge in [-0.15, -0.1) is 0 Å². The van der Waals surface area contributed by atoms with Gasteiger partial charge in [-0.2, -0.15) is 0 Å². The van der Waals surface area contributed by atoms with E-state index in [0.29, 0.717) is 23.6 Å². The number of H-pyrrole nitrogens is 1. The van der Waals surface area contributed by atoms with Gasteiger partial charge in [-0.3, -0.25) is 4.79 Å².